The first-order valence-corrected chi connectivity index (χ1v) is 10.5. The van der Waals surface area contributed by atoms with Crippen molar-refractivity contribution in [1.29, 1.82) is 0 Å². The van der Waals surface area contributed by atoms with Crippen LogP contribution in [0.5, 0.6) is 5.75 Å². The van der Waals surface area contributed by atoms with Crippen LogP contribution in [0.3, 0.4) is 0 Å². The van der Waals surface area contributed by atoms with Crippen molar-refractivity contribution in [2.45, 2.75) is 19.9 Å². The lowest BCUT2D eigenvalue weighted by Gasteiger charge is -2.20. The number of ether oxygens (including phenoxy) is 1. The Morgan fingerprint density at radius 2 is 1.69 bits per heavy atom. The summed E-state index contributed by atoms with van der Waals surface area (Å²) in [5.41, 5.74) is 3.50. The molecule has 32 heavy (non-hydrogen) atoms. The van der Waals surface area contributed by atoms with E-state index in [2.05, 4.69) is 15.8 Å². The van der Waals surface area contributed by atoms with Crippen LogP contribution in [-0.4, -0.2) is 30.7 Å². The van der Waals surface area contributed by atoms with Crippen molar-refractivity contribution in [2.75, 3.05) is 6.61 Å². The Hall–Kier alpha value is -3.93. The number of rotatable bonds is 9. The summed E-state index contributed by atoms with van der Waals surface area (Å²) in [6.45, 7) is 3.53. The molecular weight excluding hydrogens is 402 g/mol. The topological polar surface area (TPSA) is 79.8 Å². The van der Waals surface area contributed by atoms with Crippen LogP contribution in [0, 0.1) is 5.92 Å². The van der Waals surface area contributed by atoms with Crippen LogP contribution in [0.25, 0.3) is 16.8 Å². The molecule has 1 atom stereocenters. The Morgan fingerprint density at radius 1 is 0.969 bits per heavy atom. The number of nitrogens with one attached hydrogen (secondary N) is 2. The maximum absolute atomic E-state index is 12.5. The Balaban J connectivity index is 1.49. The van der Waals surface area contributed by atoms with Gasteiger partial charge in [0, 0.05) is 6.21 Å². The van der Waals surface area contributed by atoms with E-state index in [9.17, 15) is 9.59 Å². The second kappa shape index (κ2) is 11.5. The molecular formula is C26H27N3O3. The van der Waals surface area contributed by atoms with Gasteiger partial charge in [0.1, 0.15) is 11.8 Å². The molecule has 3 aromatic carbocycles. The summed E-state index contributed by atoms with van der Waals surface area (Å²) in [6.07, 6.45) is 5.10. The first-order valence-electron chi connectivity index (χ1n) is 10.5. The number of carbonyl (C=O) groups is 2. The predicted octanol–water partition coefficient (Wildman–Crippen LogP) is 4.17. The third kappa shape index (κ3) is 6.80. The lowest BCUT2D eigenvalue weighted by molar-refractivity contribution is -0.131. The fourth-order valence-electron chi connectivity index (χ4n) is 3.09. The van der Waals surface area contributed by atoms with Crippen molar-refractivity contribution < 1.29 is 14.3 Å². The summed E-state index contributed by atoms with van der Waals surface area (Å²) >= 11 is 0. The molecule has 3 rings (SSSR count). The molecule has 0 radical (unpaired) electrons. The van der Waals surface area contributed by atoms with E-state index >= 15 is 0 Å². The number of hydrazone groups is 1. The van der Waals surface area contributed by atoms with Gasteiger partial charge >= 0.3 is 0 Å². The van der Waals surface area contributed by atoms with Crippen LogP contribution in [0.4, 0.5) is 0 Å². The SMILES string of the molecule is CC(C)[C@H](NC(=O)COc1ccc2ccccc2c1)C(=O)N/N=C\C=C\c1ccccc1. The molecule has 6 nitrogen and oxygen atoms in total. The standard InChI is InChI=1S/C26H27N3O3/c1-19(2)25(26(31)29-27-16-8-11-20-9-4-3-5-10-20)28-24(30)18-32-23-15-14-21-12-6-7-13-22(21)17-23/h3-17,19,25H,18H2,1-2H3,(H,28,30)(H,29,31)/b11-8+,27-16-/t25-/m0/s1. The van der Waals surface area contributed by atoms with Crippen molar-refractivity contribution in [1.82, 2.24) is 10.7 Å². The quantitative estimate of drug-likeness (QED) is 0.396. The van der Waals surface area contributed by atoms with E-state index < -0.39 is 6.04 Å². The molecule has 0 bridgehead atoms. The molecule has 0 aromatic heterocycles. The van der Waals surface area contributed by atoms with Gasteiger partial charge in [0.15, 0.2) is 6.61 Å². The van der Waals surface area contributed by atoms with Gasteiger partial charge in [-0.15, -0.1) is 0 Å². The lowest BCUT2D eigenvalue weighted by Crippen LogP contribution is -2.49. The average Bonchev–Trinajstić information content (AvgIpc) is 2.81. The van der Waals surface area contributed by atoms with Gasteiger partial charge < -0.3 is 10.1 Å². The number of hydrogen-bond acceptors (Lipinski definition) is 4. The lowest BCUT2D eigenvalue weighted by atomic mass is 10.0. The summed E-state index contributed by atoms with van der Waals surface area (Å²) in [6, 6.07) is 22.6. The fraction of sp³-hybridized carbons (Fsp3) is 0.192. The third-order valence-electron chi connectivity index (χ3n) is 4.78. The van der Waals surface area contributed by atoms with Gasteiger partial charge in [0.05, 0.1) is 0 Å². The number of allylic oxidation sites excluding steroid dienone is 1. The van der Waals surface area contributed by atoms with E-state index in [1.54, 1.807) is 6.08 Å². The zero-order chi connectivity index (χ0) is 22.8. The minimum atomic E-state index is -0.724. The Bertz CT molecular complexity index is 1110. The van der Waals surface area contributed by atoms with E-state index in [0.29, 0.717) is 5.75 Å². The van der Waals surface area contributed by atoms with Crippen LogP contribution >= 0.6 is 0 Å². The highest BCUT2D eigenvalue weighted by atomic mass is 16.5. The van der Waals surface area contributed by atoms with Crippen molar-refractivity contribution in [3.8, 4) is 5.75 Å². The highest BCUT2D eigenvalue weighted by Crippen LogP contribution is 2.20. The second-order valence-corrected chi connectivity index (χ2v) is 7.61. The van der Waals surface area contributed by atoms with Crippen molar-refractivity contribution >= 4 is 34.9 Å². The molecule has 0 aliphatic carbocycles. The van der Waals surface area contributed by atoms with Crippen LogP contribution in [0.2, 0.25) is 0 Å². The zero-order valence-electron chi connectivity index (χ0n) is 18.2. The number of amides is 2. The van der Waals surface area contributed by atoms with Gasteiger partial charge in [-0.3, -0.25) is 9.59 Å². The van der Waals surface area contributed by atoms with Gasteiger partial charge in [0.2, 0.25) is 0 Å². The number of carbonyl (C=O) groups excluding carboxylic acids is 2. The minimum absolute atomic E-state index is 0.116. The molecule has 0 heterocycles. The maximum Gasteiger partial charge on any atom is 0.262 e. The minimum Gasteiger partial charge on any atom is -0.484 e. The predicted molar refractivity (Wildman–Crippen MR) is 128 cm³/mol. The number of nitrogens with zero attached hydrogens (tertiary/aromatic N) is 1. The summed E-state index contributed by atoms with van der Waals surface area (Å²) in [7, 11) is 0. The Labute approximate surface area is 188 Å². The normalized spacial score (nSPS) is 12.3. The molecule has 0 aliphatic rings. The molecule has 2 amide bonds. The first-order chi connectivity index (χ1) is 15.5. The van der Waals surface area contributed by atoms with E-state index in [1.807, 2.05) is 92.7 Å². The van der Waals surface area contributed by atoms with Crippen LogP contribution < -0.4 is 15.5 Å². The van der Waals surface area contributed by atoms with Gasteiger partial charge in [-0.1, -0.05) is 80.6 Å². The fourth-order valence-corrected chi connectivity index (χ4v) is 3.09. The molecule has 3 aromatic rings. The molecule has 0 fully saturated rings. The van der Waals surface area contributed by atoms with E-state index in [4.69, 9.17) is 4.74 Å². The number of benzene rings is 3. The zero-order valence-corrected chi connectivity index (χ0v) is 18.2. The van der Waals surface area contributed by atoms with Crippen molar-refractivity contribution in [3.63, 3.8) is 0 Å². The van der Waals surface area contributed by atoms with Crippen molar-refractivity contribution in [2.24, 2.45) is 11.0 Å². The van der Waals surface area contributed by atoms with Gasteiger partial charge in [-0.25, -0.2) is 5.43 Å². The molecule has 6 heteroatoms. The van der Waals surface area contributed by atoms with Crippen LogP contribution in [0.15, 0.2) is 84.0 Å². The van der Waals surface area contributed by atoms with Gasteiger partial charge in [0.25, 0.3) is 11.8 Å². The molecule has 2 N–H and O–H groups in total. The largest absolute Gasteiger partial charge is 0.484 e. The molecule has 0 saturated carbocycles. The maximum atomic E-state index is 12.5. The van der Waals surface area contributed by atoms with E-state index in [-0.39, 0.29) is 24.3 Å². The summed E-state index contributed by atoms with van der Waals surface area (Å²) in [4.78, 5) is 24.8. The number of hydrogen-bond donors (Lipinski definition) is 2. The van der Waals surface area contributed by atoms with Gasteiger partial charge in [-0.2, -0.15) is 5.10 Å². The third-order valence-corrected chi connectivity index (χ3v) is 4.78. The second-order valence-electron chi connectivity index (χ2n) is 7.61. The Morgan fingerprint density at radius 3 is 2.44 bits per heavy atom. The first kappa shape index (κ1) is 22.7. The smallest absolute Gasteiger partial charge is 0.262 e. The van der Waals surface area contributed by atoms with Crippen molar-refractivity contribution in [3.05, 3.63) is 84.4 Å². The van der Waals surface area contributed by atoms with E-state index in [0.717, 1.165) is 16.3 Å². The molecule has 0 spiro atoms. The van der Waals surface area contributed by atoms with E-state index in [1.165, 1.54) is 6.21 Å². The monoisotopic (exact) mass is 429 g/mol. The van der Waals surface area contributed by atoms with Gasteiger partial charge in [-0.05, 0) is 40.5 Å². The highest BCUT2D eigenvalue weighted by Gasteiger charge is 2.24. The highest BCUT2D eigenvalue weighted by molar-refractivity contribution is 5.89. The average molecular weight is 430 g/mol. The molecule has 164 valence electrons. The van der Waals surface area contributed by atoms with Crippen LogP contribution in [0.1, 0.15) is 19.4 Å². The summed E-state index contributed by atoms with van der Waals surface area (Å²) in [5, 5.41) is 8.78. The molecule has 0 aliphatic heterocycles. The summed E-state index contributed by atoms with van der Waals surface area (Å²) in [5.74, 6) is -0.280. The van der Waals surface area contributed by atoms with Crippen LogP contribution in [-0.2, 0) is 9.59 Å². The molecule has 0 unspecified atom stereocenters. The molecule has 0 saturated heterocycles. The Kier molecular flexibility index (Phi) is 8.15. The number of fused-ring (bicyclic) bond motifs is 1. The summed E-state index contributed by atoms with van der Waals surface area (Å²) < 4.78 is 5.61.